The minimum Gasteiger partial charge on any atom is -0.382 e. The van der Waals surface area contributed by atoms with Gasteiger partial charge in [0.05, 0.1) is 16.4 Å². The third-order valence-corrected chi connectivity index (χ3v) is 3.54. The Balaban J connectivity index is 2.42. The molecule has 0 saturated carbocycles. The fourth-order valence-corrected chi connectivity index (χ4v) is 2.41. The summed E-state index contributed by atoms with van der Waals surface area (Å²) in [7, 11) is 0. The molecule has 1 aromatic carbocycles. The van der Waals surface area contributed by atoms with Gasteiger partial charge in [-0.25, -0.2) is 0 Å². The van der Waals surface area contributed by atoms with Crippen LogP contribution in [0, 0.1) is 6.92 Å². The van der Waals surface area contributed by atoms with Crippen molar-refractivity contribution < 1.29 is 5.11 Å². The Morgan fingerprint density at radius 2 is 1.83 bits per heavy atom. The van der Waals surface area contributed by atoms with E-state index in [-0.39, 0.29) is 6.04 Å². The van der Waals surface area contributed by atoms with E-state index in [9.17, 15) is 5.11 Å². The standard InChI is InChI=1S/C14H17BrN2O/c1-9(2)17-13(12(15)8-16-17)14(18)11-6-4-10(3)5-7-11/h4-9,14,18H,1-3H3. The summed E-state index contributed by atoms with van der Waals surface area (Å²) >= 11 is 3.45. The zero-order valence-electron chi connectivity index (χ0n) is 10.8. The van der Waals surface area contributed by atoms with Gasteiger partial charge in [-0.1, -0.05) is 29.8 Å². The van der Waals surface area contributed by atoms with Crippen LogP contribution < -0.4 is 0 Å². The molecule has 1 atom stereocenters. The first-order valence-corrected chi connectivity index (χ1v) is 6.77. The summed E-state index contributed by atoms with van der Waals surface area (Å²) in [5.74, 6) is 0. The largest absolute Gasteiger partial charge is 0.382 e. The zero-order valence-corrected chi connectivity index (χ0v) is 12.3. The van der Waals surface area contributed by atoms with Crippen LogP contribution in [0.1, 0.15) is 42.8 Å². The molecule has 1 heterocycles. The molecule has 0 spiro atoms. The second kappa shape index (κ2) is 5.24. The van der Waals surface area contributed by atoms with Crippen LogP contribution in [0.4, 0.5) is 0 Å². The summed E-state index contributed by atoms with van der Waals surface area (Å²) in [5.41, 5.74) is 2.86. The lowest BCUT2D eigenvalue weighted by atomic mass is 10.0. The van der Waals surface area contributed by atoms with Crippen molar-refractivity contribution in [2.24, 2.45) is 0 Å². The summed E-state index contributed by atoms with van der Waals surface area (Å²) in [6, 6.07) is 8.12. The molecule has 0 bridgehead atoms. The number of hydrogen-bond donors (Lipinski definition) is 1. The summed E-state index contributed by atoms with van der Waals surface area (Å²) in [6.07, 6.45) is 1.07. The van der Waals surface area contributed by atoms with Crippen LogP contribution in [-0.2, 0) is 0 Å². The minimum atomic E-state index is -0.662. The summed E-state index contributed by atoms with van der Waals surface area (Å²) < 4.78 is 2.68. The van der Waals surface area contributed by atoms with Gasteiger partial charge in [-0.3, -0.25) is 4.68 Å². The van der Waals surface area contributed by atoms with Crippen LogP contribution in [0.2, 0.25) is 0 Å². The van der Waals surface area contributed by atoms with Crippen molar-refractivity contribution >= 4 is 15.9 Å². The van der Waals surface area contributed by atoms with E-state index in [0.29, 0.717) is 0 Å². The maximum Gasteiger partial charge on any atom is 0.122 e. The molecular weight excluding hydrogens is 292 g/mol. The van der Waals surface area contributed by atoms with Crippen molar-refractivity contribution in [2.75, 3.05) is 0 Å². The topological polar surface area (TPSA) is 38.1 Å². The number of rotatable bonds is 3. The minimum absolute atomic E-state index is 0.214. The molecule has 3 nitrogen and oxygen atoms in total. The first-order chi connectivity index (χ1) is 8.50. The van der Waals surface area contributed by atoms with Gasteiger partial charge in [-0.05, 0) is 42.3 Å². The second-order valence-electron chi connectivity index (χ2n) is 4.73. The van der Waals surface area contributed by atoms with Crippen LogP contribution in [0.25, 0.3) is 0 Å². The second-order valence-corrected chi connectivity index (χ2v) is 5.58. The molecule has 1 aromatic heterocycles. The molecule has 1 N–H and O–H groups in total. The van der Waals surface area contributed by atoms with Crippen molar-refractivity contribution in [1.29, 1.82) is 0 Å². The van der Waals surface area contributed by atoms with Gasteiger partial charge in [-0.15, -0.1) is 0 Å². The monoisotopic (exact) mass is 308 g/mol. The number of aryl methyl sites for hydroxylation is 1. The highest BCUT2D eigenvalue weighted by atomic mass is 79.9. The number of nitrogens with zero attached hydrogens (tertiary/aromatic N) is 2. The number of benzene rings is 1. The lowest BCUT2D eigenvalue weighted by Crippen LogP contribution is -2.12. The fourth-order valence-electron chi connectivity index (χ4n) is 1.92. The molecule has 2 aromatic rings. The number of aliphatic hydroxyl groups is 1. The van der Waals surface area contributed by atoms with Gasteiger partial charge in [0.2, 0.25) is 0 Å². The first-order valence-electron chi connectivity index (χ1n) is 5.98. The van der Waals surface area contributed by atoms with Crippen LogP contribution in [0.3, 0.4) is 0 Å². The van der Waals surface area contributed by atoms with Gasteiger partial charge < -0.3 is 5.11 Å². The maximum absolute atomic E-state index is 10.5. The van der Waals surface area contributed by atoms with Crippen molar-refractivity contribution in [2.45, 2.75) is 32.9 Å². The number of aromatic nitrogens is 2. The normalized spacial score (nSPS) is 13.0. The molecule has 0 aliphatic carbocycles. The molecule has 2 rings (SSSR count). The van der Waals surface area contributed by atoms with E-state index in [1.807, 2.05) is 49.7 Å². The lowest BCUT2D eigenvalue weighted by Gasteiger charge is -2.17. The molecule has 96 valence electrons. The van der Waals surface area contributed by atoms with E-state index < -0.39 is 6.10 Å². The van der Waals surface area contributed by atoms with Crippen LogP contribution in [0.15, 0.2) is 34.9 Å². The Morgan fingerprint density at radius 3 is 2.39 bits per heavy atom. The molecule has 18 heavy (non-hydrogen) atoms. The van der Waals surface area contributed by atoms with Gasteiger partial charge in [0, 0.05) is 6.04 Å². The van der Waals surface area contributed by atoms with Crippen molar-refractivity contribution in [3.8, 4) is 0 Å². The van der Waals surface area contributed by atoms with Crippen molar-refractivity contribution in [1.82, 2.24) is 9.78 Å². The Kier molecular flexibility index (Phi) is 3.88. The molecule has 0 amide bonds. The van der Waals surface area contributed by atoms with Gasteiger partial charge in [0.15, 0.2) is 0 Å². The highest BCUT2D eigenvalue weighted by Crippen LogP contribution is 2.30. The molecule has 0 saturated heterocycles. The maximum atomic E-state index is 10.5. The summed E-state index contributed by atoms with van der Waals surface area (Å²) in [4.78, 5) is 0. The highest BCUT2D eigenvalue weighted by molar-refractivity contribution is 9.10. The molecule has 4 heteroatoms. The van der Waals surface area contributed by atoms with Gasteiger partial charge in [-0.2, -0.15) is 5.10 Å². The predicted octanol–water partition coefficient (Wildman–Crippen LogP) is 3.62. The van der Waals surface area contributed by atoms with E-state index >= 15 is 0 Å². The Hall–Kier alpha value is -1.13. The van der Waals surface area contributed by atoms with Crippen LogP contribution >= 0.6 is 15.9 Å². The Morgan fingerprint density at radius 1 is 1.22 bits per heavy atom. The first kappa shape index (κ1) is 13.3. The van der Waals surface area contributed by atoms with Crippen molar-refractivity contribution in [3.05, 3.63) is 51.8 Å². The van der Waals surface area contributed by atoms with Gasteiger partial charge >= 0.3 is 0 Å². The molecular formula is C14H17BrN2O. The average molecular weight is 309 g/mol. The lowest BCUT2D eigenvalue weighted by molar-refractivity contribution is 0.204. The summed E-state index contributed by atoms with van der Waals surface area (Å²) in [6.45, 7) is 6.13. The number of halogens is 1. The molecule has 0 aliphatic rings. The SMILES string of the molecule is Cc1ccc(C(O)c2c(Br)cnn2C(C)C)cc1. The average Bonchev–Trinajstić information content (AvgIpc) is 2.71. The molecule has 0 aliphatic heterocycles. The van der Waals surface area contributed by atoms with E-state index in [2.05, 4.69) is 21.0 Å². The molecule has 1 unspecified atom stereocenters. The third-order valence-electron chi connectivity index (χ3n) is 2.93. The number of hydrogen-bond acceptors (Lipinski definition) is 2. The van der Waals surface area contributed by atoms with E-state index in [1.165, 1.54) is 5.56 Å². The smallest absolute Gasteiger partial charge is 0.122 e. The van der Waals surface area contributed by atoms with Crippen molar-refractivity contribution in [3.63, 3.8) is 0 Å². The van der Waals surface area contributed by atoms with Crippen LogP contribution in [-0.4, -0.2) is 14.9 Å². The zero-order chi connectivity index (χ0) is 13.3. The third kappa shape index (κ3) is 2.49. The Labute approximate surface area is 116 Å². The molecule has 0 fully saturated rings. The van der Waals surface area contributed by atoms with Gasteiger partial charge in [0.25, 0.3) is 0 Å². The number of aliphatic hydroxyl groups excluding tert-OH is 1. The van der Waals surface area contributed by atoms with E-state index in [4.69, 9.17) is 0 Å². The quantitative estimate of drug-likeness (QED) is 0.940. The van der Waals surface area contributed by atoms with Gasteiger partial charge in [0.1, 0.15) is 6.10 Å². The molecule has 0 radical (unpaired) electrons. The summed E-state index contributed by atoms with van der Waals surface area (Å²) in [5, 5.41) is 14.8. The predicted molar refractivity (Wildman–Crippen MR) is 75.6 cm³/mol. The van der Waals surface area contributed by atoms with E-state index in [1.54, 1.807) is 6.20 Å². The Bertz CT molecular complexity index is 531. The highest BCUT2D eigenvalue weighted by Gasteiger charge is 2.20. The van der Waals surface area contributed by atoms with Crippen LogP contribution in [0.5, 0.6) is 0 Å². The fraction of sp³-hybridized carbons (Fsp3) is 0.357. The van der Waals surface area contributed by atoms with E-state index in [0.717, 1.165) is 15.7 Å².